The van der Waals surface area contributed by atoms with E-state index in [4.69, 9.17) is 4.74 Å². The Morgan fingerprint density at radius 2 is 2.07 bits per heavy atom. The van der Waals surface area contributed by atoms with Gasteiger partial charge in [-0.3, -0.25) is 4.79 Å². The van der Waals surface area contributed by atoms with E-state index in [2.05, 4.69) is 4.74 Å². The highest BCUT2D eigenvalue weighted by Gasteiger charge is 2.05. The van der Waals surface area contributed by atoms with Crippen LogP contribution in [0.5, 0.6) is 5.75 Å². The van der Waals surface area contributed by atoms with E-state index in [1.807, 2.05) is 0 Å². The number of rotatable bonds is 4. The van der Waals surface area contributed by atoms with Crippen molar-refractivity contribution in [3.05, 3.63) is 29.8 Å². The van der Waals surface area contributed by atoms with E-state index in [0.29, 0.717) is 11.3 Å². The number of carbonyl (C=O) groups is 2. The molecule has 0 heterocycles. The zero-order valence-electron chi connectivity index (χ0n) is 8.65. The molecule has 1 rings (SSSR count). The Balaban J connectivity index is 2.73. The van der Waals surface area contributed by atoms with E-state index in [0.717, 1.165) is 0 Å². The van der Waals surface area contributed by atoms with Crippen LogP contribution in [0.3, 0.4) is 0 Å². The first-order valence-electron chi connectivity index (χ1n) is 4.44. The number of ketones is 1. The molecule has 0 bridgehead atoms. The van der Waals surface area contributed by atoms with Crippen LogP contribution < -0.4 is 4.74 Å². The number of ether oxygens (including phenoxy) is 2. The van der Waals surface area contributed by atoms with Crippen LogP contribution in [-0.2, 0) is 9.53 Å². The predicted molar refractivity (Wildman–Crippen MR) is 54.0 cm³/mol. The Bertz CT molecular complexity index is 371. The molecule has 4 heteroatoms. The summed E-state index contributed by atoms with van der Waals surface area (Å²) in [6.07, 6.45) is 0. The molecule has 0 saturated carbocycles. The van der Waals surface area contributed by atoms with Gasteiger partial charge in [-0.15, -0.1) is 0 Å². The van der Waals surface area contributed by atoms with Crippen molar-refractivity contribution >= 4 is 11.8 Å². The molecule has 0 saturated heterocycles. The van der Waals surface area contributed by atoms with E-state index in [1.54, 1.807) is 18.2 Å². The first-order valence-corrected chi connectivity index (χ1v) is 4.44. The Hall–Kier alpha value is -1.68. The summed E-state index contributed by atoms with van der Waals surface area (Å²) in [4.78, 5) is 22.1. The van der Waals surface area contributed by atoms with Crippen LogP contribution in [0.1, 0.15) is 17.3 Å². The molecule has 0 fully saturated rings. The minimum absolute atomic E-state index is 0.0698. The van der Waals surface area contributed by atoms with Crippen molar-refractivity contribution in [3.8, 4) is 5.75 Å². The van der Waals surface area contributed by atoms with Gasteiger partial charge in [0.2, 0.25) is 0 Å². The number of methoxy groups -OCH3 is 1. The van der Waals surface area contributed by atoms with Gasteiger partial charge in [0.1, 0.15) is 12.4 Å². The fourth-order valence-corrected chi connectivity index (χ4v) is 1.06. The van der Waals surface area contributed by atoms with Gasteiger partial charge in [0.05, 0.1) is 0 Å². The molecule has 0 unspecified atom stereocenters. The highest BCUT2D eigenvalue weighted by Crippen LogP contribution is 2.13. The summed E-state index contributed by atoms with van der Waals surface area (Å²) >= 11 is 0. The van der Waals surface area contributed by atoms with Crippen LogP contribution in [0.25, 0.3) is 0 Å². The second-order valence-electron chi connectivity index (χ2n) is 2.99. The molecule has 0 atom stereocenters. The van der Waals surface area contributed by atoms with Gasteiger partial charge in [-0.2, -0.15) is 0 Å². The average molecular weight is 208 g/mol. The van der Waals surface area contributed by atoms with Gasteiger partial charge < -0.3 is 9.47 Å². The van der Waals surface area contributed by atoms with E-state index in [1.165, 1.54) is 20.1 Å². The lowest BCUT2D eigenvalue weighted by Crippen LogP contribution is -2.14. The fraction of sp³-hybridized carbons (Fsp3) is 0.273. The summed E-state index contributed by atoms with van der Waals surface area (Å²) < 4.78 is 9.54. The molecule has 1 aromatic rings. The van der Waals surface area contributed by atoms with Crippen molar-refractivity contribution in [2.24, 2.45) is 0 Å². The minimum atomic E-state index is -0.488. The molecule has 80 valence electrons. The summed E-state index contributed by atoms with van der Waals surface area (Å²) in [6, 6.07) is 6.46. The topological polar surface area (TPSA) is 52.6 Å². The lowest BCUT2D eigenvalue weighted by atomic mass is 10.1. The summed E-state index contributed by atoms with van der Waals surface area (Å²) in [7, 11) is 1.41. The van der Waals surface area contributed by atoms with Crippen LogP contribution in [0, 0.1) is 0 Å². The summed E-state index contributed by atoms with van der Waals surface area (Å²) in [6.45, 7) is 1.35. The largest absolute Gasteiger partial charge is 0.425 e. The van der Waals surface area contributed by atoms with Gasteiger partial charge in [-0.1, -0.05) is 12.1 Å². The Morgan fingerprint density at radius 1 is 1.33 bits per heavy atom. The smallest absolute Gasteiger partial charge is 0.337 e. The second-order valence-corrected chi connectivity index (χ2v) is 2.99. The van der Waals surface area contributed by atoms with Gasteiger partial charge in [-0.05, 0) is 19.1 Å². The monoisotopic (exact) mass is 208 g/mol. The SMILES string of the molecule is COCC(=O)Oc1cccc(C(C)=O)c1. The number of Topliss-reactive ketones (excluding diaryl/α,β-unsaturated/α-hetero) is 1. The maximum absolute atomic E-state index is 11.1. The van der Waals surface area contributed by atoms with Crippen LogP contribution in [0.15, 0.2) is 24.3 Å². The number of hydrogen-bond acceptors (Lipinski definition) is 4. The van der Waals surface area contributed by atoms with Crippen molar-refractivity contribution in [1.29, 1.82) is 0 Å². The second kappa shape index (κ2) is 5.26. The van der Waals surface area contributed by atoms with Gasteiger partial charge >= 0.3 is 5.97 Å². The molecule has 1 aromatic carbocycles. The molecule has 0 aliphatic heterocycles. The first kappa shape index (κ1) is 11.4. The first-order chi connectivity index (χ1) is 7.13. The maximum atomic E-state index is 11.1. The van der Waals surface area contributed by atoms with Crippen molar-refractivity contribution < 1.29 is 19.1 Å². The minimum Gasteiger partial charge on any atom is -0.425 e. The van der Waals surface area contributed by atoms with Crippen LogP contribution >= 0.6 is 0 Å². The molecule has 0 aliphatic carbocycles. The summed E-state index contributed by atoms with van der Waals surface area (Å²) in [5.74, 6) is -0.206. The summed E-state index contributed by atoms with van der Waals surface area (Å²) in [5.41, 5.74) is 0.512. The van der Waals surface area contributed by atoms with Crippen LogP contribution in [-0.4, -0.2) is 25.5 Å². The highest BCUT2D eigenvalue weighted by atomic mass is 16.6. The normalized spacial score (nSPS) is 9.73. The maximum Gasteiger partial charge on any atom is 0.337 e. The van der Waals surface area contributed by atoms with Gasteiger partial charge in [0.15, 0.2) is 5.78 Å². The van der Waals surface area contributed by atoms with Crippen LogP contribution in [0.2, 0.25) is 0 Å². The van der Waals surface area contributed by atoms with Crippen molar-refractivity contribution in [2.45, 2.75) is 6.92 Å². The molecule has 0 spiro atoms. The molecule has 0 aliphatic rings. The number of carbonyl (C=O) groups excluding carboxylic acids is 2. The van der Waals surface area contributed by atoms with Gasteiger partial charge in [0.25, 0.3) is 0 Å². The van der Waals surface area contributed by atoms with E-state index >= 15 is 0 Å². The van der Waals surface area contributed by atoms with Crippen molar-refractivity contribution in [1.82, 2.24) is 0 Å². The standard InChI is InChI=1S/C11H12O4/c1-8(12)9-4-3-5-10(6-9)15-11(13)7-14-2/h3-6H,7H2,1-2H3. The molecule has 4 nitrogen and oxygen atoms in total. The molecule has 0 aromatic heterocycles. The highest BCUT2D eigenvalue weighted by molar-refractivity contribution is 5.94. The third-order valence-electron chi connectivity index (χ3n) is 1.73. The van der Waals surface area contributed by atoms with E-state index in [-0.39, 0.29) is 12.4 Å². The zero-order chi connectivity index (χ0) is 11.3. The number of benzene rings is 1. The molecule has 0 radical (unpaired) electrons. The Kier molecular flexibility index (Phi) is 4.00. The quantitative estimate of drug-likeness (QED) is 0.427. The zero-order valence-corrected chi connectivity index (χ0v) is 8.65. The lowest BCUT2D eigenvalue weighted by Gasteiger charge is -2.04. The van der Waals surface area contributed by atoms with E-state index in [9.17, 15) is 9.59 Å². The lowest BCUT2D eigenvalue weighted by molar-refractivity contribution is -0.138. The predicted octanol–water partition coefficient (Wildman–Crippen LogP) is 1.44. The molecular weight excluding hydrogens is 196 g/mol. The third kappa shape index (κ3) is 3.52. The van der Waals surface area contributed by atoms with Crippen molar-refractivity contribution in [3.63, 3.8) is 0 Å². The number of hydrogen-bond donors (Lipinski definition) is 0. The Morgan fingerprint density at radius 3 is 2.67 bits per heavy atom. The molecule has 15 heavy (non-hydrogen) atoms. The average Bonchev–Trinajstić information content (AvgIpc) is 2.18. The van der Waals surface area contributed by atoms with Gasteiger partial charge in [-0.25, -0.2) is 4.79 Å². The number of esters is 1. The molecule has 0 amide bonds. The Labute approximate surface area is 87.8 Å². The van der Waals surface area contributed by atoms with Crippen molar-refractivity contribution in [2.75, 3.05) is 13.7 Å². The summed E-state index contributed by atoms with van der Waals surface area (Å²) in [5, 5.41) is 0. The van der Waals surface area contributed by atoms with E-state index < -0.39 is 5.97 Å². The third-order valence-corrected chi connectivity index (χ3v) is 1.73. The fourth-order valence-electron chi connectivity index (χ4n) is 1.06. The molecular formula is C11H12O4. The van der Waals surface area contributed by atoms with Crippen LogP contribution in [0.4, 0.5) is 0 Å². The van der Waals surface area contributed by atoms with Gasteiger partial charge in [0, 0.05) is 12.7 Å². The molecule has 0 N–H and O–H groups in total.